The van der Waals surface area contributed by atoms with Gasteiger partial charge in [0.25, 0.3) is 0 Å². The fourth-order valence-electron chi connectivity index (χ4n) is 2.91. The second kappa shape index (κ2) is 5.83. The first-order chi connectivity index (χ1) is 8.58. The van der Waals surface area contributed by atoms with Crippen LogP contribution in [0.25, 0.3) is 0 Å². The maximum absolute atomic E-state index is 12.1. The molecule has 0 radical (unpaired) electrons. The SMILES string of the molecule is C[C@@H]1C[C@H](C(=O)N[C@@H](C)[C@H]2CCCO2)CCC1=O. The van der Waals surface area contributed by atoms with E-state index in [0.29, 0.717) is 25.0 Å². The predicted octanol–water partition coefficient (Wildman–Crippen LogP) is 1.68. The second-order valence-electron chi connectivity index (χ2n) is 5.69. The third-order valence-corrected chi connectivity index (χ3v) is 4.19. The van der Waals surface area contributed by atoms with Crippen LogP contribution in [0.3, 0.4) is 0 Å². The van der Waals surface area contributed by atoms with E-state index in [1.807, 2.05) is 13.8 Å². The molecule has 1 N–H and O–H groups in total. The number of amides is 1. The average molecular weight is 253 g/mol. The largest absolute Gasteiger partial charge is 0.376 e. The maximum atomic E-state index is 12.1. The van der Waals surface area contributed by atoms with Crippen molar-refractivity contribution in [3.8, 4) is 0 Å². The van der Waals surface area contributed by atoms with Crippen molar-refractivity contribution in [1.82, 2.24) is 5.32 Å². The first-order valence-corrected chi connectivity index (χ1v) is 7.02. The summed E-state index contributed by atoms with van der Waals surface area (Å²) in [6.07, 6.45) is 4.22. The van der Waals surface area contributed by atoms with Crippen LogP contribution in [0.15, 0.2) is 0 Å². The van der Waals surface area contributed by atoms with E-state index in [0.717, 1.165) is 19.4 Å². The third kappa shape index (κ3) is 3.10. The van der Waals surface area contributed by atoms with Crippen LogP contribution in [0, 0.1) is 11.8 Å². The topological polar surface area (TPSA) is 55.4 Å². The van der Waals surface area contributed by atoms with E-state index < -0.39 is 0 Å². The number of carbonyl (C=O) groups is 2. The Morgan fingerprint density at radius 3 is 2.83 bits per heavy atom. The van der Waals surface area contributed by atoms with Crippen LogP contribution in [0.1, 0.15) is 46.0 Å². The number of hydrogen-bond acceptors (Lipinski definition) is 3. The summed E-state index contributed by atoms with van der Waals surface area (Å²) < 4.78 is 5.57. The summed E-state index contributed by atoms with van der Waals surface area (Å²) in [6.45, 7) is 4.73. The summed E-state index contributed by atoms with van der Waals surface area (Å²) >= 11 is 0. The summed E-state index contributed by atoms with van der Waals surface area (Å²) in [5, 5.41) is 3.05. The highest BCUT2D eigenvalue weighted by atomic mass is 16.5. The van der Waals surface area contributed by atoms with Crippen molar-refractivity contribution in [2.45, 2.75) is 58.1 Å². The number of ether oxygens (including phenoxy) is 1. The zero-order chi connectivity index (χ0) is 13.1. The van der Waals surface area contributed by atoms with Crippen LogP contribution in [0.4, 0.5) is 0 Å². The predicted molar refractivity (Wildman–Crippen MR) is 68.1 cm³/mol. The summed E-state index contributed by atoms with van der Waals surface area (Å²) in [5.74, 6) is 0.428. The van der Waals surface area contributed by atoms with Gasteiger partial charge < -0.3 is 10.1 Å². The molecule has 0 unspecified atom stereocenters. The Labute approximate surface area is 108 Å². The summed E-state index contributed by atoms with van der Waals surface area (Å²) in [6, 6.07) is 0.0768. The van der Waals surface area contributed by atoms with Crippen LogP contribution in [-0.4, -0.2) is 30.4 Å². The lowest BCUT2D eigenvalue weighted by Gasteiger charge is -2.27. The molecular weight excluding hydrogens is 230 g/mol. The highest BCUT2D eigenvalue weighted by molar-refractivity contribution is 5.86. The minimum atomic E-state index is 0.00144. The molecule has 1 saturated heterocycles. The molecular formula is C14H23NO3. The Morgan fingerprint density at radius 2 is 2.22 bits per heavy atom. The van der Waals surface area contributed by atoms with Crippen LogP contribution in [0.2, 0.25) is 0 Å². The zero-order valence-corrected chi connectivity index (χ0v) is 11.3. The number of carbonyl (C=O) groups excluding carboxylic acids is 2. The van der Waals surface area contributed by atoms with E-state index >= 15 is 0 Å². The Bertz CT molecular complexity index is 323. The molecule has 4 nitrogen and oxygen atoms in total. The van der Waals surface area contributed by atoms with Gasteiger partial charge >= 0.3 is 0 Å². The fraction of sp³-hybridized carbons (Fsp3) is 0.857. The van der Waals surface area contributed by atoms with Crippen molar-refractivity contribution in [3.63, 3.8) is 0 Å². The zero-order valence-electron chi connectivity index (χ0n) is 11.3. The van der Waals surface area contributed by atoms with Crippen LogP contribution >= 0.6 is 0 Å². The molecule has 4 atom stereocenters. The van der Waals surface area contributed by atoms with Gasteiger partial charge in [0, 0.05) is 24.9 Å². The Morgan fingerprint density at radius 1 is 1.44 bits per heavy atom. The van der Waals surface area contributed by atoms with Crippen LogP contribution in [0.5, 0.6) is 0 Å². The quantitative estimate of drug-likeness (QED) is 0.832. The number of ketones is 1. The van der Waals surface area contributed by atoms with E-state index in [2.05, 4.69) is 5.32 Å². The van der Waals surface area contributed by atoms with E-state index in [4.69, 9.17) is 4.74 Å². The summed E-state index contributed by atoms with van der Waals surface area (Å²) in [4.78, 5) is 23.6. The van der Waals surface area contributed by atoms with E-state index in [-0.39, 0.29) is 29.9 Å². The van der Waals surface area contributed by atoms with Gasteiger partial charge in [-0.1, -0.05) is 6.92 Å². The Hall–Kier alpha value is -0.900. The van der Waals surface area contributed by atoms with E-state index in [1.54, 1.807) is 0 Å². The molecule has 1 heterocycles. The highest BCUT2D eigenvalue weighted by Crippen LogP contribution is 2.26. The third-order valence-electron chi connectivity index (χ3n) is 4.19. The van der Waals surface area contributed by atoms with Crippen molar-refractivity contribution in [3.05, 3.63) is 0 Å². The lowest BCUT2D eigenvalue weighted by molar-refractivity contribution is -0.131. The van der Waals surface area contributed by atoms with Gasteiger partial charge in [-0.2, -0.15) is 0 Å². The number of rotatable bonds is 3. The molecule has 0 aromatic heterocycles. The molecule has 1 saturated carbocycles. The van der Waals surface area contributed by atoms with Gasteiger partial charge in [0.2, 0.25) is 5.91 Å². The van der Waals surface area contributed by atoms with E-state index in [1.165, 1.54) is 0 Å². The molecule has 1 aliphatic heterocycles. The molecule has 1 amide bonds. The number of nitrogens with one attached hydrogen (secondary N) is 1. The van der Waals surface area contributed by atoms with Crippen LogP contribution < -0.4 is 5.32 Å². The van der Waals surface area contributed by atoms with Gasteiger partial charge in [-0.3, -0.25) is 9.59 Å². The van der Waals surface area contributed by atoms with Gasteiger partial charge in [-0.15, -0.1) is 0 Å². The molecule has 0 spiro atoms. The highest BCUT2D eigenvalue weighted by Gasteiger charge is 2.32. The first kappa shape index (κ1) is 13.5. The maximum Gasteiger partial charge on any atom is 0.223 e. The lowest BCUT2D eigenvalue weighted by atomic mass is 9.81. The number of Topliss-reactive ketones (excluding diaryl/α,β-unsaturated/α-hetero) is 1. The molecule has 0 bridgehead atoms. The van der Waals surface area contributed by atoms with Crippen molar-refractivity contribution in [2.75, 3.05) is 6.61 Å². The minimum Gasteiger partial charge on any atom is -0.376 e. The van der Waals surface area contributed by atoms with Gasteiger partial charge in [-0.05, 0) is 32.6 Å². The van der Waals surface area contributed by atoms with Crippen LogP contribution in [-0.2, 0) is 14.3 Å². The molecule has 2 rings (SSSR count). The molecule has 18 heavy (non-hydrogen) atoms. The molecule has 2 aliphatic rings. The fourth-order valence-corrected chi connectivity index (χ4v) is 2.91. The van der Waals surface area contributed by atoms with Crippen molar-refractivity contribution >= 4 is 11.7 Å². The number of hydrogen-bond donors (Lipinski definition) is 1. The first-order valence-electron chi connectivity index (χ1n) is 7.02. The lowest BCUT2D eigenvalue weighted by Crippen LogP contribution is -2.45. The van der Waals surface area contributed by atoms with Gasteiger partial charge in [0.05, 0.1) is 12.1 Å². The summed E-state index contributed by atoms with van der Waals surface area (Å²) in [7, 11) is 0. The molecule has 0 aromatic carbocycles. The van der Waals surface area contributed by atoms with Gasteiger partial charge in [0.15, 0.2) is 0 Å². The smallest absolute Gasteiger partial charge is 0.223 e. The Kier molecular flexibility index (Phi) is 4.38. The normalized spacial score (nSPS) is 34.3. The molecule has 0 aromatic rings. The van der Waals surface area contributed by atoms with Crippen molar-refractivity contribution in [1.29, 1.82) is 0 Å². The molecule has 2 fully saturated rings. The van der Waals surface area contributed by atoms with Crippen molar-refractivity contribution < 1.29 is 14.3 Å². The minimum absolute atomic E-state index is 0.00144. The molecule has 102 valence electrons. The molecule has 1 aliphatic carbocycles. The van der Waals surface area contributed by atoms with E-state index in [9.17, 15) is 9.59 Å². The Balaban J connectivity index is 1.82. The van der Waals surface area contributed by atoms with Gasteiger partial charge in [0.1, 0.15) is 5.78 Å². The second-order valence-corrected chi connectivity index (χ2v) is 5.69. The molecule has 4 heteroatoms. The van der Waals surface area contributed by atoms with Crippen molar-refractivity contribution in [2.24, 2.45) is 11.8 Å². The summed E-state index contributed by atoms with van der Waals surface area (Å²) in [5.41, 5.74) is 0. The monoisotopic (exact) mass is 253 g/mol. The standard InChI is InChI=1S/C14H23NO3/c1-9-8-11(5-6-12(9)16)14(17)15-10(2)13-4-3-7-18-13/h9-11,13H,3-8H2,1-2H3,(H,15,17)/t9-,10+,11-,13-/m1/s1. The average Bonchev–Trinajstić information content (AvgIpc) is 2.86. The van der Waals surface area contributed by atoms with Gasteiger partial charge in [-0.25, -0.2) is 0 Å².